The highest BCUT2D eigenvalue weighted by molar-refractivity contribution is 5.85. The molecule has 0 spiro atoms. The molecule has 3 rings (SSSR count). The molecule has 0 aliphatic carbocycles. The lowest BCUT2D eigenvalue weighted by atomic mass is 9.92. The monoisotopic (exact) mass is 405 g/mol. The number of hydrogen-bond acceptors (Lipinski definition) is 5. The van der Waals surface area contributed by atoms with Gasteiger partial charge < -0.3 is 20.1 Å². The summed E-state index contributed by atoms with van der Waals surface area (Å²) in [4.78, 5) is 16.6. The number of nitrogens with zero attached hydrogens (tertiary/aromatic N) is 1. The number of carbonyl (C=O) groups is 1. The van der Waals surface area contributed by atoms with E-state index in [4.69, 9.17) is 9.47 Å². The van der Waals surface area contributed by atoms with Crippen LogP contribution in [0.2, 0.25) is 0 Å². The van der Waals surface area contributed by atoms with Gasteiger partial charge in [0.25, 0.3) is 0 Å². The van der Waals surface area contributed by atoms with Crippen molar-refractivity contribution in [2.75, 3.05) is 19.8 Å². The molecular formula is C21H28ClN3O3. The Morgan fingerprint density at radius 1 is 1.18 bits per heavy atom. The number of ether oxygens (including phenoxy) is 2. The first-order valence-electron chi connectivity index (χ1n) is 9.47. The molecule has 0 saturated carbocycles. The number of amides is 1. The van der Waals surface area contributed by atoms with Crippen LogP contribution in [-0.2, 0) is 11.3 Å². The lowest BCUT2D eigenvalue weighted by molar-refractivity contribution is -0.126. The van der Waals surface area contributed by atoms with Crippen LogP contribution in [0, 0.1) is 5.92 Å². The average Bonchev–Trinajstić information content (AvgIpc) is 2.71. The first-order valence-corrected chi connectivity index (χ1v) is 9.47. The molecule has 1 saturated heterocycles. The largest absolute Gasteiger partial charge is 0.490 e. The van der Waals surface area contributed by atoms with E-state index in [0.717, 1.165) is 30.7 Å². The Bertz CT molecular complexity index is 713. The Hall–Kier alpha value is -2.31. The number of nitrogens with one attached hydrogen (secondary N) is 2. The third-order valence-corrected chi connectivity index (χ3v) is 4.60. The normalized spacial score (nSPS) is 18.6. The Morgan fingerprint density at radius 3 is 2.68 bits per heavy atom. The van der Waals surface area contributed by atoms with Gasteiger partial charge in [0.05, 0.1) is 0 Å². The van der Waals surface area contributed by atoms with Crippen molar-refractivity contribution < 1.29 is 14.3 Å². The highest BCUT2D eigenvalue weighted by Crippen LogP contribution is 2.16. The molecule has 0 bridgehead atoms. The highest BCUT2D eigenvalue weighted by atomic mass is 35.5. The van der Waals surface area contributed by atoms with E-state index in [0.29, 0.717) is 31.7 Å². The number of piperidine rings is 1. The predicted octanol–water partition coefficient (Wildman–Crippen LogP) is 2.97. The van der Waals surface area contributed by atoms with E-state index < -0.39 is 0 Å². The number of halogens is 1. The quantitative estimate of drug-likeness (QED) is 0.660. The van der Waals surface area contributed by atoms with Crippen molar-refractivity contribution in [3.05, 3.63) is 54.2 Å². The minimum Gasteiger partial charge on any atom is -0.490 e. The van der Waals surface area contributed by atoms with Crippen LogP contribution in [0.25, 0.3) is 0 Å². The zero-order chi connectivity index (χ0) is 18.9. The van der Waals surface area contributed by atoms with Gasteiger partial charge in [-0.05, 0) is 44.0 Å². The molecule has 2 aromatic rings. The van der Waals surface area contributed by atoms with Gasteiger partial charge in [-0.15, -0.1) is 12.4 Å². The van der Waals surface area contributed by atoms with Crippen molar-refractivity contribution in [2.24, 2.45) is 5.92 Å². The van der Waals surface area contributed by atoms with Gasteiger partial charge in [-0.3, -0.25) is 4.79 Å². The zero-order valence-corrected chi connectivity index (χ0v) is 16.9. The Labute approximate surface area is 172 Å². The molecule has 1 fully saturated rings. The number of carbonyl (C=O) groups excluding carboxylic acids is 1. The number of pyridine rings is 1. The molecule has 7 heteroatoms. The van der Waals surface area contributed by atoms with Crippen LogP contribution < -0.4 is 20.1 Å². The van der Waals surface area contributed by atoms with Crippen LogP contribution in [-0.4, -0.2) is 36.7 Å². The fourth-order valence-electron chi connectivity index (χ4n) is 3.13. The third kappa shape index (κ3) is 7.02. The molecule has 0 radical (unpaired) electrons. The topological polar surface area (TPSA) is 72.5 Å². The second-order valence-electron chi connectivity index (χ2n) is 6.81. The van der Waals surface area contributed by atoms with Crippen molar-refractivity contribution >= 4 is 18.3 Å². The molecule has 1 amide bonds. The molecule has 1 aromatic carbocycles. The molecule has 1 aliphatic heterocycles. The Kier molecular flexibility index (Phi) is 9.04. The first kappa shape index (κ1) is 22.0. The molecule has 152 valence electrons. The maximum atomic E-state index is 12.3. The van der Waals surface area contributed by atoms with E-state index >= 15 is 0 Å². The highest BCUT2D eigenvalue weighted by Gasteiger charge is 2.24. The van der Waals surface area contributed by atoms with Gasteiger partial charge in [-0.2, -0.15) is 0 Å². The van der Waals surface area contributed by atoms with Crippen LogP contribution in [0.15, 0.2) is 48.7 Å². The maximum Gasteiger partial charge on any atom is 0.223 e. The molecule has 6 nitrogen and oxygen atoms in total. The van der Waals surface area contributed by atoms with Crippen molar-refractivity contribution in [1.29, 1.82) is 0 Å². The summed E-state index contributed by atoms with van der Waals surface area (Å²) in [6.45, 7) is 4.39. The lowest BCUT2D eigenvalue weighted by Crippen LogP contribution is -2.42. The minimum absolute atomic E-state index is 0. The van der Waals surface area contributed by atoms with Gasteiger partial charge in [0.15, 0.2) is 0 Å². The van der Waals surface area contributed by atoms with Gasteiger partial charge in [0.1, 0.15) is 19.0 Å². The van der Waals surface area contributed by atoms with Crippen molar-refractivity contribution in [2.45, 2.75) is 32.4 Å². The summed E-state index contributed by atoms with van der Waals surface area (Å²) in [7, 11) is 0. The number of aromatic nitrogens is 1. The number of rotatable bonds is 8. The third-order valence-electron chi connectivity index (χ3n) is 4.60. The van der Waals surface area contributed by atoms with Gasteiger partial charge in [-0.1, -0.05) is 24.3 Å². The van der Waals surface area contributed by atoms with Crippen molar-refractivity contribution in [1.82, 2.24) is 15.6 Å². The number of benzene rings is 1. The molecule has 28 heavy (non-hydrogen) atoms. The van der Waals surface area contributed by atoms with E-state index in [2.05, 4.69) is 22.5 Å². The maximum absolute atomic E-state index is 12.3. The van der Waals surface area contributed by atoms with E-state index in [1.165, 1.54) is 0 Å². The van der Waals surface area contributed by atoms with Gasteiger partial charge in [-0.25, -0.2) is 4.98 Å². The number of para-hydroxylation sites is 1. The summed E-state index contributed by atoms with van der Waals surface area (Å²) in [5.74, 6) is 1.60. The Balaban J connectivity index is 0.00000280. The Morgan fingerprint density at radius 2 is 1.96 bits per heavy atom. The molecule has 2 atom stereocenters. The second-order valence-corrected chi connectivity index (χ2v) is 6.81. The second kappa shape index (κ2) is 11.5. The van der Waals surface area contributed by atoms with Gasteiger partial charge in [0, 0.05) is 30.8 Å². The molecular weight excluding hydrogens is 378 g/mol. The summed E-state index contributed by atoms with van der Waals surface area (Å²) < 4.78 is 11.2. The van der Waals surface area contributed by atoms with Gasteiger partial charge in [0.2, 0.25) is 11.8 Å². The van der Waals surface area contributed by atoms with E-state index in [9.17, 15) is 4.79 Å². The standard InChI is InChI=1S/C21H27N3O3.ClH/c1-16-13-18(9-10-22-16)21(25)24-15-17-7-8-20(23-14-17)27-12-11-26-19-5-3-2-4-6-19;/h2-8,14,16,18,22H,9-13,15H2,1H3,(H,24,25);1H/t16-,18-;/m0./s1. The average molecular weight is 406 g/mol. The summed E-state index contributed by atoms with van der Waals surface area (Å²) in [5, 5.41) is 6.38. The summed E-state index contributed by atoms with van der Waals surface area (Å²) >= 11 is 0. The fraction of sp³-hybridized carbons (Fsp3) is 0.429. The molecule has 1 aliphatic rings. The van der Waals surface area contributed by atoms with E-state index in [1.807, 2.05) is 42.5 Å². The molecule has 2 N–H and O–H groups in total. The summed E-state index contributed by atoms with van der Waals surface area (Å²) in [6.07, 6.45) is 3.52. The first-order chi connectivity index (χ1) is 13.2. The summed E-state index contributed by atoms with van der Waals surface area (Å²) in [6, 6.07) is 13.8. The molecule has 1 aromatic heterocycles. The van der Waals surface area contributed by atoms with Crippen LogP contribution in [0.4, 0.5) is 0 Å². The lowest BCUT2D eigenvalue weighted by Gasteiger charge is -2.27. The van der Waals surface area contributed by atoms with Gasteiger partial charge >= 0.3 is 0 Å². The van der Waals surface area contributed by atoms with E-state index in [-0.39, 0.29) is 24.2 Å². The smallest absolute Gasteiger partial charge is 0.223 e. The van der Waals surface area contributed by atoms with Crippen molar-refractivity contribution in [3.8, 4) is 11.6 Å². The van der Waals surface area contributed by atoms with Crippen molar-refractivity contribution in [3.63, 3.8) is 0 Å². The number of hydrogen-bond donors (Lipinski definition) is 2. The SMILES string of the molecule is C[C@H]1C[C@@H](C(=O)NCc2ccc(OCCOc3ccccc3)nc2)CCN1.Cl. The predicted molar refractivity (Wildman–Crippen MR) is 111 cm³/mol. The molecule has 2 heterocycles. The van der Waals surface area contributed by atoms with Crippen LogP contribution in [0.3, 0.4) is 0 Å². The van der Waals surface area contributed by atoms with Crippen LogP contribution in [0.1, 0.15) is 25.3 Å². The molecule has 0 unspecified atom stereocenters. The zero-order valence-electron chi connectivity index (χ0n) is 16.1. The summed E-state index contributed by atoms with van der Waals surface area (Å²) in [5.41, 5.74) is 0.957. The van der Waals surface area contributed by atoms with Crippen LogP contribution >= 0.6 is 12.4 Å². The fourth-order valence-corrected chi connectivity index (χ4v) is 3.13. The minimum atomic E-state index is 0. The van der Waals surface area contributed by atoms with Crippen LogP contribution in [0.5, 0.6) is 11.6 Å². The van der Waals surface area contributed by atoms with E-state index in [1.54, 1.807) is 6.20 Å².